The maximum absolute atomic E-state index is 13.2. The molecule has 1 fully saturated rings. The zero-order valence-electron chi connectivity index (χ0n) is 16.0. The third-order valence-corrected chi connectivity index (χ3v) is 5.45. The van der Waals surface area contributed by atoms with Gasteiger partial charge in [0.15, 0.2) is 0 Å². The second-order valence-corrected chi connectivity index (χ2v) is 7.14. The molecule has 6 nitrogen and oxygen atoms in total. The molecular weight excluding hydrogens is 352 g/mol. The first-order chi connectivity index (χ1) is 13.7. The third kappa shape index (κ3) is 3.50. The lowest BCUT2D eigenvalue weighted by atomic mass is 10.1. The Morgan fingerprint density at radius 1 is 1.25 bits per heavy atom. The summed E-state index contributed by atoms with van der Waals surface area (Å²) in [5, 5.41) is 1.09. The van der Waals surface area contributed by atoms with Gasteiger partial charge in [0.1, 0.15) is 6.04 Å². The first-order valence-corrected chi connectivity index (χ1v) is 9.69. The van der Waals surface area contributed by atoms with Gasteiger partial charge in [0.25, 0.3) is 0 Å². The molecule has 28 heavy (non-hydrogen) atoms. The topological polar surface area (TPSA) is 69.3 Å². The molecule has 3 heterocycles. The van der Waals surface area contributed by atoms with E-state index in [0.717, 1.165) is 22.0 Å². The van der Waals surface area contributed by atoms with Gasteiger partial charge in [-0.15, -0.1) is 0 Å². The minimum absolute atomic E-state index is 0.0185. The van der Waals surface area contributed by atoms with Crippen molar-refractivity contribution in [2.45, 2.75) is 38.9 Å². The van der Waals surface area contributed by atoms with E-state index in [1.807, 2.05) is 54.4 Å². The summed E-state index contributed by atoms with van der Waals surface area (Å²) in [6.07, 6.45) is 6.40. The number of likely N-dealkylation sites (N-methyl/N-ethyl adjacent to an activating group) is 1. The second-order valence-electron chi connectivity index (χ2n) is 7.14. The van der Waals surface area contributed by atoms with E-state index in [1.54, 1.807) is 17.3 Å². The van der Waals surface area contributed by atoms with E-state index >= 15 is 0 Å². The van der Waals surface area contributed by atoms with Gasteiger partial charge in [-0.1, -0.05) is 18.2 Å². The van der Waals surface area contributed by atoms with E-state index in [0.29, 0.717) is 32.5 Å². The molecule has 6 heteroatoms. The average molecular weight is 376 g/mol. The minimum Gasteiger partial charge on any atom is -0.361 e. The summed E-state index contributed by atoms with van der Waals surface area (Å²) < 4.78 is 0. The number of aromatic nitrogens is 2. The normalized spacial score (nSPS) is 16.7. The number of carbonyl (C=O) groups is 2. The van der Waals surface area contributed by atoms with Crippen LogP contribution in [0.1, 0.15) is 30.9 Å². The fourth-order valence-corrected chi connectivity index (χ4v) is 3.90. The predicted octanol–water partition coefficient (Wildman–Crippen LogP) is 3.10. The van der Waals surface area contributed by atoms with Crippen LogP contribution in [0.15, 0.2) is 55.0 Å². The van der Waals surface area contributed by atoms with Crippen LogP contribution in [0.3, 0.4) is 0 Å². The molecule has 1 aromatic carbocycles. The zero-order chi connectivity index (χ0) is 19.5. The van der Waals surface area contributed by atoms with E-state index in [-0.39, 0.29) is 11.8 Å². The molecule has 1 aliphatic rings. The third-order valence-electron chi connectivity index (χ3n) is 5.45. The first kappa shape index (κ1) is 18.2. The smallest absolute Gasteiger partial charge is 0.245 e. The summed E-state index contributed by atoms with van der Waals surface area (Å²) in [7, 11) is 0. The number of benzene rings is 1. The lowest BCUT2D eigenvalue weighted by molar-refractivity contribution is -0.142. The maximum Gasteiger partial charge on any atom is 0.245 e. The van der Waals surface area contributed by atoms with Crippen LogP contribution in [0.4, 0.5) is 0 Å². The largest absolute Gasteiger partial charge is 0.361 e. The number of aromatic amines is 1. The van der Waals surface area contributed by atoms with Crippen LogP contribution in [0, 0.1) is 0 Å². The van der Waals surface area contributed by atoms with Crippen molar-refractivity contribution in [1.82, 2.24) is 19.8 Å². The molecule has 2 aromatic heterocycles. The van der Waals surface area contributed by atoms with Crippen LogP contribution in [-0.2, 0) is 22.7 Å². The fourth-order valence-electron chi connectivity index (χ4n) is 3.90. The number of fused-ring (bicyclic) bond motifs is 1. The van der Waals surface area contributed by atoms with Crippen LogP contribution in [0.5, 0.6) is 0 Å². The molecule has 2 amide bonds. The highest BCUT2D eigenvalue weighted by Crippen LogP contribution is 2.27. The number of rotatable bonds is 6. The zero-order valence-corrected chi connectivity index (χ0v) is 16.0. The average Bonchev–Trinajstić information content (AvgIpc) is 3.31. The van der Waals surface area contributed by atoms with E-state index in [9.17, 15) is 9.59 Å². The Hall–Kier alpha value is -3.15. The summed E-state index contributed by atoms with van der Waals surface area (Å²) in [6, 6.07) is 11.5. The standard InChI is InChI=1S/C22H24N4O2/c1-2-25(14-16-9-11-23-12-10-16)22(28)20-7-8-21(27)26(20)15-17-13-24-19-6-4-3-5-18(17)19/h3-6,9-13,20,24H,2,7-8,14-15H2,1H3. The molecule has 0 radical (unpaired) electrons. The highest BCUT2D eigenvalue weighted by atomic mass is 16.2. The Morgan fingerprint density at radius 2 is 2.04 bits per heavy atom. The molecule has 1 atom stereocenters. The van der Waals surface area contributed by atoms with E-state index in [1.165, 1.54) is 0 Å². The maximum atomic E-state index is 13.2. The number of likely N-dealkylation sites (tertiary alicyclic amines) is 1. The monoisotopic (exact) mass is 376 g/mol. The molecule has 0 saturated carbocycles. The van der Waals surface area contributed by atoms with E-state index < -0.39 is 6.04 Å². The fraction of sp³-hybridized carbons (Fsp3) is 0.318. The van der Waals surface area contributed by atoms with E-state index in [4.69, 9.17) is 0 Å². The van der Waals surface area contributed by atoms with Crippen molar-refractivity contribution in [3.05, 3.63) is 66.1 Å². The van der Waals surface area contributed by atoms with Crippen molar-refractivity contribution in [2.24, 2.45) is 0 Å². The number of pyridine rings is 1. The molecule has 144 valence electrons. The van der Waals surface area contributed by atoms with Crippen LogP contribution in [-0.4, -0.2) is 44.2 Å². The molecule has 0 spiro atoms. The Morgan fingerprint density at radius 3 is 2.82 bits per heavy atom. The highest BCUT2D eigenvalue weighted by Gasteiger charge is 2.38. The number of nitrogens with one attached hydrogen (secondary N) is 1. The van der Waals surface area contributed by atoms with Gasteiger partial charge in [-0.25, -0.2) is 0 Å². The molecule has 1 aliphatic heterocycles. The molecule has 3 aromatic rings. The summed E-state index contributed by atoms with van der Waals surface area (Å²) in [6.45, 7) is 3.56. The Bertz CT molecular complexity index is 982. The number of hydrogen-bond donors (Lipinski definition) is 1. The van der Waals surface area contributed by atoms with Crippen molar-refractivity contribution in [1.29, 1.82) is 0 Å². The summed E-state index contributed by atoms with van der Waals surface area (Å²) in [4.78, 5) is 36.6. The Labute approximate surface area is 164 Å². The summed E-state index contributed by atoms with van der Waals surface area (Å²) in [5.74, 6) is 0.0635. The van der Waals surface area contributed by atoms with E-state index in [2.05, 4.69) is 9.97 Å². The highest BCUT2D eigenvalue weighted by molar-refractivity contribution is 5.91. The molecule has 0 bridgehead atoms. The SMILES string of the molecule is CCN(Cc1ccncc1)C(=O)C1CCC(=O)N1Cc1c[nH]c2ccccc12. The van der Waals surface area contributed by atoms with Crippen LogP contribution in [0.2, 0.25) is 0 Å². The predicted molar refractivity (Wildman–Crippen MR) is 107 cm³/mol. The van der Waals surface area contributed by atoms with Gasteiger partial charge in [-0.3, -0.25) is 14.6 Å². The Kier molecular flexibility index (Phi) is 5.10. The number of nitrogens with zero attached hydrogens (tertiary/aromatic N) is 3. The molecule has 1 N–H and O–H groups in total. The number of amides is 2. The van der Waals surface area contributed by atoms with Gasteiger partial charge in [0.05, 0.1) is 0 Å². The number of H-pyrrole nitrogens is 1. The van der Waals surface area contributed by atoms with Crippen molar-refractivity contribution in [3.8, 4) is 0 Å². The molecular formula is C22H24N4O2. The van der Waals surface area contributed by atoms with Gasteiger partial charge in [-0.2, -0.15) is 0 Å². The lowest BCUT2D eigenvalue weighted by Gasteiger charge is -2.29. The first-order valence-electron chi connectivity index (χ1n) is 9.69. The minimum atomic E-state index is -0.400. The van der Waals surface area contributed by atoms with Crippen LogP contribution in [0.25, 0.3) is 10.9 Å². The van der Waals surface area contributed by atoms with Crippen LogP contribution >= 0.6 is 0 Å². The lowest BCUT2D eigenvalue weighted by Crippen LogP contribution is -2.46. The molecule has 1 saturated heterocycles. The van der Waals surface area contributed by atoms with Gasteiger partial charge in [0.2, 0.25) is 11.8 Å². The molecule has 1 unspecified atom stereocenters. The van der Waals surface area contributed by atoms with Gasteiger partial charge in [-0.05, 0) is 42.7 Å². The van der Waals surface area contributed by atoms with Crippen molar-refractivity contribution >= 4 is 22.7 Å². The van der Waals surface area contributed by atoms with Crippen molar-refractivity contribution in [2.75, 3.05) is 6.54 Å². The number of para-hydroxylation sites is 1. The Balaban J connectivity index is 1.54. The van der Waals surface area contributed by atoms with Gasteiger partial charge < -0.3 is 14.8 Å². The molecule has 4 rings (SSSR count). The van der Waals surface area contributed by atoms with Crippen molar-refractivity contribution in [3.63, 3.8) is 0 Å². The molecule has 0 aliphatic carbocycles. The number of carbonyl (C=O) groups excluding carboxylic acids is 2. The number of hydrogen-bond acceptors (Lipinski definition) is 3. The van der Waals surface area contributed by atoms with Gasteiger partial charge >= 0.3 is 0 Å². The summed E-state index contributed by atoms with van der Waals surface area (Å²) >= 11 is 0. The quantitative estimate of drug-likeness (QED) is 0.719. The second kappa shape index (κ2) is 7.84. The van der Waals surface area contributed by atoms with Gasteiger partial charge in [0, 0.05) is 55.5 Å². The van der Waals surface area contributed by atoms with Crippen molar-refractivity contribution < 1.29 is 9.59 Å². The summed E-state index contributed by atoms with van der Waals surface area (Å²) in [5.41, 5.74) is 3.12. The van der Waals surface area contributed by atoms with Crippen LogP contribution < -0.4 is 0 Å².